The van der Waals surface area contributed by atoms with Crippen LogP contribution in [0.15, 0.2) is 58.2 Å². The van der Waals surface area contributed by atoms with Crippen molar-refractivity contribution in [3.63, 3.8) is 0 Å². The first-order valence-corrected chi connectivity index (χ1v) is 10.9. The molecular formula is C20H19BrClN3O2S. The van der Waals surface area contributed by atoms with Crippen LogP contribution in [0.5, 0.6) is 5.75 Å². The Kier molecular flexibility index (Phi) is 7.53. The number of rotatable bonds is 9. The first-order chi connectivity index (χ1) is 13.5. The number of nitrogens with zero attached hydrogens (tertiary/aromatic N) is 3. The highest BCUT2D eigenvalue weighted by molar-refractivity contribution is 9.10. The standard InChI is InChI=1S/C20H19BrClN3O2S/c1-25-19(13-27-17-10-8-16(22)9-11-17)23-24-20(25)28-12-2-3-18(26)14-4-6-15(21)7-5-14/h4-11H,2-3,12-13H2,1H3. The third-order valence-electron chi connectivity index (χ3n) is 4.05. The lowest BCUT2D eigenvalue weighted by Crippen LogP contribution is -2.04. The van der Waals surface area contributed by atoms with E-state index in [9.17, 15) is 4.79 Å². The second-order valence-corrected chi connectivity index (χ2v) is 8.50. The van der Waals surface area contributed by atoms with E-state index < -0.39 is 0 Å². The van der Waals surface area contributed by atoms with Crippen LogP contribution >= 0.6 is 39.3 Å². The van der Waals surface area contributed by atoms with Crippen LogP contribution in [-0.4, -0.2) is 26.3 Å². The van der Waals surface area contributed by atoms with Gasteiger partial charge in [-0.15, -0.1) is 10.2 Å². The van der Waals surface area contributed by atoms with E-state index in [0.717, 1.165) is 38.9 Å². The minimum Gasteiger partial charge on any atom is -0.486 e. The summed E-state index contributed by atoms with van der Waals surface area (Å²) in [5, 5.41) is 9.88. The topological polar surface area (TPSA) is 57.0 Å². The molecule has 8 heteroatoms. The normalized spacial score (nSPS) is 10.8. The molecule has 0 unspecified atom stereocenters. The van der Waals surface area contributed by atoms with Crippen molar-refractivity contribution in [1.29, 1.82) is 0 Å². The maximum atomic E-state index is 12.2. The third-order valence-corrected chi connectivity index (χ3v) is 5.94. The molecule has 1 heterocycles. The van der Waals surface area contributed by atoms with Crippen molar-refractivity contribution in [2.24, 2.45) is 7.05 Å². The fourth-order valence-electron chi connectivity index (χ4n) is 2.45. The molecule has 0 aliphatic carbocycles. The van der Waals surface area contributed by atoms with Gasteiger partial charge in [0.05, 0.1) is 0 Å². The molecule has 28 heavy (non-hydrogen) atoms. The zero-order valence-electron chi connectivity index (χ0n) is 15.3. The Hall–Kier alpha value is -1.83. The molecule has 3 aromatic rings. The molecule has 0 N–H and O–H groups in total. The van der Waals surface area contributed by atoms with Gasteiger partial charge in [0.2, 0.25) is 0 Å². The van der Waals surface area contributed by atoms with E-state index in [1.165, 1.54) is 0 Å². The number of carbonyl (C=O) groups is 1. The van der Waals surface area contributed by atoms with E-state index >= 15 is 0 Å². The summed E-state index contributed by atoms with van der Waals surface area (Å²) in [6, 6.07) is 14.6. The monoisotopic (exact) mass is 479 g/mol. The number of Topliss-reactive ketones (excluding diaryl/α,β-unsaturated/α-hetero) is 1. The number of halogens is 2. The van der Waals surface area contributed by atoms with Crippen molar-refractivity contribution in [3.8, 4) is 5.75 Å². The number of carbonyl (C=O) groups excluding carboxylic acids is 1. The van der Waals surface area contributed by atoms with Gasteiger partial charge in [0.15, 0.2) is 16.8 Å². The Morgan fingerprint density at radius 3 is 2.57 bits per heavy atom. The van der Waals surface area contributed by atoms with E-state index in [1.807, 2.05) is 48.0 Å². The number of hydrogen-bond donors (Lipinski definition) is 0. The van der Waals surface area contributed by atoms with Gasteiger partial charge in [-0.3, -0.25) is 4.79 Å². The predicted octanol–water partition coefficient (Wildman–Crippen LogP) is 5.57. The molecule has 1 aromatic heterocycles. The molecule has 0 aliphatic rings. The minimum atomic E-state index is 0.156. The lowest BCUT2D eigenvalue weighted by Gasteiger charge is -2.06. The van der Waals surface area contributed by atoms with Gasteiger partial charge < -0.3 is 9.30 Å². The van der Waals surface area contributed by atoms with Crippen molar-refractivity contribution in [1.82, 2.24) is 14.8 Å². The molecule has 0 aliphatic heterocycles. The number of thioether (sulfide) groups is 1. The summed E-state index contributed by atoms with van der Waals surface area (Å²) < 4.78 is 8.60. The van der Waals surface area contributed by atoms with Gasteiger partial charge in [0.1, 0.15) is 12.4 Å². The number of aromatic nitrogens is 3. The molecule has 0 bridgehead atoms. The molecule has 0 saturated heterocycles. The van der Waals surface area contributed by atoms with Crippen LogP contribution in [-0.2, 0) is 13.7 Å². The maximum Gasteiger partial charge on any atom is 0.191 e. The molecule has 0 fully saturated rings. The summed E-state index contributed by atoms with van der Waals surface area (Å²) in [4.78, 5) is 12.2. The molecular weight excluding hydrogens is 462 g/mol. The Labute approximate surface area is 181 Å². The van der Waals surface area contributed by atoms with Crippen LogP contribution in [0.2, 0.25) is 5.02 Å². The van der Waals surface area contributed by atoms with Gasteiger partial charge in [-0.25, -0.2) is 0 Å². The van der Waals surface area contributed by atoms with Gasteiger partial charge >= 0.3 is 0 Å². The SMILES string of the molecule is Cn1c(COc2ccc(Cl)cc2)nnc1SCCCC(=O)c1ccc(Br)cc1. The quantitative estimate of drug-likeness (QED) is 0.228. The van der Waals surface area contributed by atoms with Crippen LogP contribution in [0, 0.1) is 0 Å². The fraction of sp³-hybridized carbons (Fsp3) is 0.250. The summed E-state index contributed by atoms with van der Waals surface area (Å²) in [5.74, 6) is 2.42. The number of ketones is 1. The molecule has 0 radical (unpaired) electrons. The number of hydrogen-bond acceptors (Lipinski definition) is 5. The second-order valence-electron chi connectivity index (χ2n) is 6.08. The molecule has 0 saturated carbocycles. The van der Waals surface area contributed by atoms with Crippen LogP contribution < -0.4 is 4.74 Å². The summed E-state index contributed by atoms with van der Waals surface area (Å²) in [5.41, 5.74) is 0.744. The summed E-state index contributed by atoms with van der Waals surface area (Å²) in [6.07, 6.45) is 1.29. The molecule has 5 nitrogen and oxygen atoms in total. The van der Waals surface area contributed by atoms with Crippen LogP contribution in [0.3, 0.4) is 0 Å². The lowest BCUT2D eigenvalue weighted by molar-refractivity contribution is 0.0982. The first kappa shape index (κ1) is 20.9. The average Bonchev–Trinajstić information content (AvgIpc) is 3.05. The van der Waals surface area contributed by atoms with Crippen molar-refractivity contribution < 1.29 is 9.53 Å². The molecule has 0 amide bonds. The van der Waals surface area contributed by atoms with Gasteiger partial charge in [-0.2, -0.15) is 0 Å². The van der Waals surface area contributed by atoms with E-state index in [4.69, 9.17) is 16.3 Å². The van der Waals surface area contributed by atoms with Gasteiger partial charge in [0, 0.05) is 34.3 Å². The van der Waals surface area contributed by atoms with E-state index in [0.29, 0.717) is 18.1 Å². The van der Waals surface area contributed by atoms with Crippen molar-refractivity contribution in [3.05, 3.63) is 69.4 Å². The van der Waals surface area contributed by atoms with Gasteiger partial charge in [-0.05, 0) is 42.8 Å². The molecule has 146 valence electrons. The highest BCUT2D eigenvalue weighted by Crippen LogP contribution is 2.20. The third kappa shape index (κ3) is 5.83. The average molecular weight is 481 g/mol. The zero-order chi connectivity index (χ0) is 19.9. The second kappa shape index (κ2) is 10.1. The first-order valence-electron chi connectivity index (χ1n) is 8.71. The predicted molar refractivity (Wildman–Crippen MR) is 115 cm³/mol. The largest absolute Gasteiger partial charge is 0.486 e. The highest BCUT2D eigenvalue weighted by atomic mass is 79.9. The zero-order valence-corrected chi connectivity index (χ0v) is 18.4. The number of ether oxygens (including phenoxy) is 1. The lowest BCUT2D eigenvalue weighted by atomic mass is 10.1. The van der Waals surface area contributed by atoms with E-state index in [2.05, 4.69) is 26.1 Å². The number of benzene rings is 2. The summed E-state index contributed by atoms with van der Waals surface area (Å²) >= 11 is 10.8. The Balaban J connectivity index is 1.44. The molecule has 3 rings (SSSR count). The molecule has 0 spiro atoms. The Bertz CT molecular complexity index is 930. The fourth-order valence-corrected chi connectivity index (χ4v) is 3.71. The van der Waals surface area contributed by atoms with Gasteiger partial charge in [-0.1, -0.05) is 51.4 Å². The van der Waals surface area contributed by atoms with E-state index in [-0.39, 0.29) is 5.78 Å². The van der Waals surface area contributed by atoms with Crippen molar-refractivity contribution in [2.45, 2.75) is 24.6 Å². The smallest absolute Gasteiger partial charge is 0.191 e. The van der Waals surface area contributed by atoms with E-state index in [1.54, 1.807) is 23.9 Å². The van der Waals surface area contributed by atoms with Crippen molar-refractivity contribution >= 4 is 45.1 Å². The molecule has 0 atom stereocenters. The van der Waals surface area contributed by atoms with Crippen LogP contribution in [0.1, 0.15) is 29.0 Å². The molecule has 2 aromatic carbocycles. The Morgan fingerprint density at radius 2 is 1.86 bits per heavy atom. The highest BCUT2D eigenvalue weighted by Gasteiger charge is 2.11. The minimum absolute atomic E-state index is 0.156. The summed E-state index contributed by atoms with van der Waals surface area (Å²) in [7, 11) is 1.91. The van der Waals surface area contributed by atoms with Gasteiger partial charge in [0.25, 0.3) is 0 Å². The Morgan fingerprint density at radius 1 is 1.14 bits per heavy atom. The summed E-state index contributed by atoms with van der Waals surface area (Å²) in [6.45, 7) is 0.327. The van der Waals surface area contributed by atoms with Crippen molar-refractivity contribution in [2.75, 3.05) is 5.75 Å². The van der Waals surface area contributed by atoms with Crippen LogP contribution in [0.25, 0.3) is 0 Å². The maximum absolute atomic E-state index is 12.2. The van der Waals surface area contributed by atoms with Crippen LogP contribution in [0.4, 0.5) is 0 Å².